The molecule has 5 fully saturated rings. The molecular weight excluding hydrogens is 194 g/mol. The quantitative estimate of drug-likeness (QED) is 0.769. The topological polar surface area (TPSA) is 12.0 Å². The fourth-order valence-corrected chi connectivity index (χ4v) is 5.75. The van der Waals surface area contributed by atoms with Crippen LogP contribution < -0.4 is 5.32 Å². The Morgan fingerprint density at radius 3 is 1.88 bits per heavy atom. The van der Waals surface area contributed by atoms with Gasteiger partial charge in [-0.25, -0.2) is 0 Å². The van der Waals surface area contributed by atoms with E-state index in [2.05, 4.69) is 12.4 Å². The van der Waals surface area contributed by atoms with Gasteiger partial charge in [0, 0.05) is 6.04 Å². The van der Waals surface area contributed by atoms with Gasteiger partial charge in [0.15, 0.2) is 0 Å². The molecule has 0 heterocycles. The maximum Gasteiger partial charge on any atom is 0.0126 e. The predicted octanol–water partition coefficient (Wildman–Crippen LogP) is 3.06. The first-order valence-electron chi connectivity index (χ1n) is 7.52. The van der Waals surface area contributed by atoms with Gasteiger partial charge in [-0.1, -0.05) is 0 Å². The highest BCUT2D eigenvalue weighted by atomic mass is 14.9. The molecule has 5 rings (SSSR count). The lowest BCUT2D eigenvalue weighted by atomic mass is 9.50. The summed E-state index contributed by atoms with van der Waals surface area (Å²) < 4.78 is 0. The lowest BCUT2D eigenvalue weighted by molar-refractivity contribution is -0.0539. The summed E-state index contributed by atoms with van der Waals surface area (Å²) in [6, 6.07) is 0.884. The van der Waals surface area contributed by atoms with E-state index < -0.39 is 0 Å². The van der Waals surface area contributed by atoms with Gasteiger partial charge in [-0.15, -0.1) is 0 Å². The van der Waals surface area contributed by atoms with Crippen molar-refractivity contribution in [1.82, 2.24) is 5.32 Å². The summed E-state index contributed by atoms with van der Waals surface area (Å²) in [6.45, 7) is 0. The van der Waals surface area contributed by atoms with Crippen molar-refractivity contribution < 1.29 is 0 Å². The van der Waals surface area contributed by atoms with Gasteiger partial charge in [-0.05, 0) is 87.5 Å². The normalized spacial score (nSPS) is 51.9. The minimum Gasteiger partial charge on any atom is -0.316 e. The molecule has 0 amide bonds. The first kappa shape index (κ1) is 9.94. The first-order chi connectivity index (χ1) is 7.85. The maximum atomic E-state index is 3.69. The van der Waals surface area contributed by atoms with Gasteiger partial charge >= 0.3 is 0 Å². The van der Waals surface area contributed by atoms with Crippen LogP contribution in [0, 0.1) is 35.5 Å². The van der Waals surface area contributed by atoms with Crippen LogP contribution in [0.15, 0.2) is 0 Å². The highest BCUT2D eigenvalue weighted by molar-refractivity contribution is 5.04. The lowest BCUT2D eigenvalue weighted by Crippen LogP contribution is -2.53. The Morgan fingerprint density at radius 2 is 1.44 bits per heavy atom. The van der Waals surface area contributed by atoms with Gasteiger partial charge in [-0.3, -0.25) is 0 Å². The monoisotopic (exact) mass is 219 g/mol. The summed E-state index contributed by atoms with van der Waals surface area (Å²) in [4.78, 5) is 0. The summed E-state index contributed by atoms with van der Waals surface area (Å²) in [5.41, 5.74) is 0. The number of rotatable bonds is 3. The summed E-state index contributed by atoms with van der Waals surface area (Å²) in [7, 11) is 2.22. The van der Waals surface area contributed by atoms with Gasteiger partial charge in [0.25, 0.3) is 0 Å². The van der Waals surface area contributed by atoms with Crippen molar-refractivity contribution in [1.29, 1.82) is 0 Å². The van der Waals surface area contributed by atoms with Crippen molar-refractivity contribution in [2.45, 2.75) is 51.0 Å². The fraction of sp³-hybridized carbons (Fsp3) is 1.00. The van der Waals surface area contributed by atoms with Crippen molar-refractivity contribution in [2.75, 3.05) is 7.05 Å². The molecule has 1 unspecified atom stereocenters. The Kier molecular flexibility index (Phi) is 2.16. The summed E-state index contributed by atoms with van der Waals surface area (Å²) in [5.74, 6) is 6.59. The number of hydrogen-bond donors (Lipinski definition) is 1. The van der Waals surface area contributed by atoms with E-state index in [0.717, 1.165) is 41.5 Å². The second-order valence-corrected chi connectivity index (χ2v) is 7.16. The van der Waals surface area contributed by atoms with Gasteiger partial charge in [-0.2, -0.15) is 0 Å². The van der Waals surface area contributed by atoms with Crippen molar-refractivity contribution in [2.24, 2.45) is 35.5 Å². The van der Waals surface area contributed by atoms with E-state index in [1.54, 1.807) is 32.1 Å². The molecule has 1 atom stereocenters. The molecule has 0 spiro atoms. The predicted molar refractivity (Wildman–Crippen MR) is 66.1 cm³/mol. The van der Waals surface area contributed by atoms with E-state index >= 15 is 0 Å². The Labute approximate surface area is 99.4 Å². The van der Waals surface area contributed by atoms with Crippen LogP contribution in [0.1, 0.15) is 44.9 Å². The molecule has 1 nitrogen and oxygen atoms in total. The molecule has 16 heavy (non-hydrogen) atoms. The van der Waals surface area contributed by atoms with E-state index in [1.165, 1.54) is 12.8 Å². The van der Waals surface area contributed by atoms with E-state index in [4.69, 9.17) is 0 Å². The molecule has 0 aromatic heterocycles. The third-order valence-corrected chi connectivity index (χ3v) is 6.18. The molecule has 1 heteroatoms. The summed E-state index contributed by atoms with van der Waals surface area (Å²) in [6.07, 6.45) is 11.0. The molecule has 4 bridgehead atoms. The molecule has 0 aromatic carbocycles. The molecule has 0 radical (unpaired) electrons. The second kappa shape index (κ2) is 3.48. The summed E-state index contributed by atoms with van der Waals surface area (Å²) >= 11 is 0. The van der Waals surface area contributed by atoms with Crippen LogP contribution in [0.4, 0.5) is 0 Å². The molecule has 1 N–H and O–H groups in total. The van der Waals surface area contributed by atoms with Crippen LogP contribution in [0.2, 0.25) is 0 Å². The van der Waals surface area contributed by atoms with Gasteiger partial charge in [0.05, 0.1) is 0 Å². The van der Waals surface area contributed by atoms with Crippen LogP contribution in [-0.4, -0.2) is 13.1 Å². The van der Waals surface area contributed by atoms with Gasteiger partial charge in [0.2, 0.25) is 0 Å². The fourth-order valence-electron chi connectivity index (χ4n) is 5.75. The molecular formula is C15H25N. The molecule has 0 aromatic rings. The molecule has 0 saturated heterocycles. The highest BCUT2D eigenvalue weighted by Crippen LogP contribution is 2.59. The third kappa shape index (κ3) is 1.40. The van der Waals surface area contributed by atoms with E-state index in [1.807, 2.05) is 0 Å². The van der Waals surface area contributed by atoms with Crippen LogP contribution >= 0.6 is 0 Å². The standard InChI is InChI=1S/C15H25N/c1-16-15(11-2-3-11)14-12-5-9-4-10(7-12)8-13(14)6-9/h9-16H,2-8H2,1H3. The zero-order chi connectivity index (χ0) is 10.7. The smallest absolute Gasteiger partial charge is 0.0126 e. The van der Waals surface area contributed by atoms with Crippen molar-refractivity contribution in [3.8, 4) is 0 Å². The minimum atomic E-state index is 0.884. The number of nitrogens with one attached hydrogen (secondary N) is 1. The van der Waals surface area contributed by atoms with Gasteiger partial charge in [0.1, 0.15) is 0 Å². The molecule has 5 saturated carbocycles. The van der Waals surface area contributed by atoms with Crippen molar-refractivity contribution in [3.05, 3.63) is 0 Å². The lowest BCUT2D eigenvalue weighted by Gasteiger charge is -2.56. The Hall–Kier alpha value is -0.0400. The third-order valence-electron chi connectivity index (χ3n) is 6.18. The Bertz CT molecular complexity index is 253. The van der Waals surface area contributed by atoms with Gasteiger partial charge < -0.3 is 5.32 Å². The first-order valence-corrected chi connectivity index (χ1v) is 7.52. The average molecular weight is 219 g/mol. The zero-order valence-corrected chi connectivity index (χ0v) is 10.5. The average Bonchev–Trinajstić information content (AvgIpc) is 3.06. The molecule has 0 aliphatic heterocycles. The molecule has 5 aliphatic rings. The SMILES string of the molecule is CNC(C1CC1)C1C2CC3CC(C2)CC1C3. The van der Waals surface area contributed by atoms with Crippen molar-refractivity contribution >= 4 is 0 Å². The molecule has 5 aliphatic carbocycles. The number of hydrogen-bond acceptors (Lipinski definition) is 1. The highest BCUT2D eigenvalue weighted by Gasteiger charge is 2.52. The Morgan fingerprint density at radius 1 is 0.875 bits per heavy atom. The van der Waals surface area contributed by atoms with E-state index in [-0.39, 0.29) is 0 Å². The van der Waals surface area contributed by atoms with E-state index in [0.29, 0.717) is 0 Å². The summed E-state index contributed by atoms with van der Waals surface area (Å²) in [5, 5.41) is 3.69. The van der Waals surface area contributed by atoms with Crippen LogP contribution in [0.3, 0.4) is 0 Å². The Balaban J connectivity index is 1.58. The molecule has 90 valence electrons. The van der Waals surface area contributed by atoms with Crippen LogP contribution in [-0.2, 0) is 0 Å². The van der Waals surface area contributed by atoms with Crippen LogP contribution in [0.5, 0.6) is 0 Å². The second-order valence-electron chi connectivity index (χ2n) is 7.16. The van der Waals surface area contributed by atoms with E-state index in [9.17, 15) is 0 Å². The minimum absolute atomic E-state index is 0.884. The largest absolute Gasteiger partial charge is 0.316 e. The maximum absolute atomic E-state index is 3.69. The zero-order valence-electron chi connectivity index (χ0n) is 10.5. The van der Waals surface area contributed by atoms with Crippen molar-refractivity contribution in [3.63, 3.8) is 0 Å². The van der Waals surface area contributed by atoms with Crippen LogP contribution in [0.25, 0.3) is 0 Å².